The van der Waals surface area contributed by atoms with Gasteiger partial charge in [0.05, 0.1) is 15.0 Å². The number of hydrogen-bond acceptors (Lipinski definition) is 4. The standard InChI is InChI=1S/C17H11Cl2N3O3S/c18-11-6-5-10(8-12(11)19)20-16(24)21-13-4-2-1-3-9(13)7-14-15(23)22-17(25)26-14/h1-8H,(H2,20,21,24)(H,22,23,25). The summed E-state index contributed by atoms with van der Waals surface area (Å²) in [7, 11) is 0. The van der Waals surface area contributed by atoms with Gasteiger partial charge in [-0.25, -0.2) is 4.79 Å². The van der Waals surface area contributed by atoms with Crippen molar-refractivity contribution >= 4 is 69.6 Å². The van der Waals surface area contributed by atoms with Crippen LogP contribution in [-0.4, -0.2) is 17.2 Å². The zero-order valence-electron chi connectivity index (χ0n) is 13.0. The lowest BCUT2D eigenvalue weighted by Gasteiger charge is -2.11. The molecule has 1 aliphatic heterocycles. The third kappa shape index (κ3) is 4.37. The van der Waals surface area contributed by atoms with Gasteiger partial charge in [-0.3, -0.25) is 14.9 Å². The number of carbonyl (C=O) groups excluding carboxylic acids is 3. The number of imide groups is 1. The molecule has 1 heterocycles. The average molecular weight is 408 g/mol. The number of amides is 4. The van der Waals surface area contributed by atoms with Gasteiger partial charge in [0.2, 0.25) is 0 Å². The topological polar surface area (TPSA) is 87.3 Å². The van der Waals surface area contributed by atoms with Gasteiger partial charge in [0.1, 0.15) is 0 Å². The Bertz CT molecular complexity index is 947. The molecule has 9 heteroatoms. The van der Waals surface area contributed by atoms with Gasteiger partial charge < -0.3 is 10.6 Å². The van der Waals surface area contributed by atoms with Crippen molar-refractivity contribution in [2.24, 2.45) is 0 Å². The summed E-state index contributed by atoms with van der Waals surface area (Å²) in [6.07, 6.45) is 1.54. The second kappa shape index (κ2) is 7.82. The van der Waals surface area contributed by atoms with Gasteiger partial charge in [-0.1, -0.05) is 41.4 Å². The van der Waals surface area contributed by atoms with Crippen LogP contribution in [0.1, 0.15) is 5.56 Å². The van der Waals surface area contributed by atoms with Crippen molar-refractivity contribution in [2.45, 2.75) is 0 Å². The minimum absolute atomic E-state index is 0.258. The lowest BCUT2D eigenvalue weighted by molar-refractivity contribution is -0.115. The zero-order valence-corrected chi connectivity index (χ0v) is 15.3. The fraction of sp³-hybridized carbons (Fsp3) is 0. The van der Waals surface area contributed by atoms with E-state index in [1.54, 1.807) is 42.5 Å². The molecule has 2 aromatic rings. The summed E-state index contributed by atoms with van der Waals surface area (Å²) in [5.41, 5.74) is 1.54. The van der Waals surface area contributed by atoms with E-state index in [-0.39, 0.29) is 4.91 Å². The van der Waals surface area contributed by atoms with Crippen molar-refractivity contribution in [3.8, 4) is 0 Å². The molecule has 2 aromatic carbocycles. The summed E-state index contributed by atoms with van der Waals surface area (Å²) >= 11 is 12.6. The quantitative estimate of drug-likeness (QED) is 0.627. The lowest BCUT2D eigenvalue weighted by atomic mass is 10.1. The van der Waals surface area contributed by atoms with E-state index in [0.717, 1.165) is 11.8 Å². The Kier molecular flexibility index (Phi) is 5.51. The van der Waals surface area contributed by atoms with Crippen molar-refractivity contribution in [2.75, 3.05) is 10.6 Å². The van der Waals surface area contributed by atoms with Crippen LogP contribution in [0.25, 0.3) is 6.08 Å². The molecule has 0 bridgehead atoms. The van der Waals surface area contributed by atoms with Gasteiger partial charge >= 0.3 is 6.03 Å². The third-order valence-corrected chi connectivity index (χ3v) is 4.86. The number of rotatable bonds is 3. The lowest BCUT2D eigenvalue weighted by Crippen LogP contribution is -2.20. The highest BCUT2D eigenvalue weighted by atomic mass is 35.5. The maximum absolute atomic E-state index is 12.2. The zero-order chi connectivity index (χ0) is 18.7. The van der Waals surface area contributed by atoms with Gasteiger partial charge in [-0.05, 0) is 47.7 Å². The molecule has 0 aliphatic carbocycles. The molecule has 3 N–H and O–H groups in total. The Hall–Kier alpha value is -2.48. The second-order valence-electron chi connectivity index (χ2n) is 5.15. The minimum atomic E-state index is -0.492. The van der Waals surface area contributed by atoms with Crippen LogP contribution in [0.2, 0.25) is 10.0 Å². The van der Waals surface area contributed by atoms with E-state index < -0.39 is 17.2 Å². The predicted octanol–water partition coefficient (Wildman–Crippen LogP) is 4.96. The largest absolute Gasteiger partial charge is 0.323 e. The van der Waals surface area contributed by atoms with Crippen LogP contribution < -0.4 is 16.0 Å². The van der Waals surface area contributed by atoms with E-state index in [1.165, 1.54) is 6.07 Å². The molecule has 3 rings (SSSR count). The van der Waals surface area contributed by atoms with Crippen molar-refractivity contribution < 1.29 is 14.4 Å². The Labute approximate surface area is 162 Å². The smallest absolute Gasteiger partial charge is 0.308 e. The molecule has 6 nitrogen and oxygen atoms in total. The summed E-state index contributed by atoms with van der Waals surface area (Å²) in [4.78, 5) is 35.4. The normalized spacial score (nSPS) is 15.1. The van der Waals surface area contributed by atoms with Crippen molar-refractivity contribution in [3.05, 3.63) is 63.0 Å². The SMILES string of the molecule is O=C(Nc1ccc(Cl)c(Cl)c1)Nc1ccccc1C=C1SC(=O)NC1=O. The molecule has 0 unspecified atom stereocenters. The number of hydrogen-bond donors (Lipinski definition) is 3. The molecule has 0 aromatic heterocycles. The first-order valence-corrected chi connectivity index (χ1v) is 8.86. The molecule has 1 aliphatic rings. The fourth-order valence-corrected chi connectivity index (χ4v) is 3.13. The van der Waals surface area contributed by atoms with Crippen molar-refractivity contribution in [1.29, 1.82) is 0 Å². The van der Waals surface area contributed by atoms with Crippen LogP contribution in [0.15, 0.2) is 47.4 Å². The van der Waals surface area contributed by atoms with E-state index in [9.17, 15) is 14.4 Å². The molecule has 1 saturated heterocycles. The maximum Gasteiger partial charge on any atom is 0.323 e. The van der Waals surface area contributed by atoms with E-state index in [0.29, 0.717) is 27.0 Å². The predicted molar refractivity (Wildman–Crippen MR) is 105 cm³/mol. The number of benzene rings is 2. The molecule has 132 valence electrons. The summed E-state index contributed by atoms with van der Waals surface area (Å²) in [6, 6.07) is 11.1. The third-order valence-electron chi connectivity index (χ3n) is 3.32. The average Bonchev–Trinajstić information content (AvgIpc) is 2.90. The van der Waals surface area contributed by atoms with Gasteiger partial charge in [0.25, 0.3) is 11.1 Å². The molecule has 0 atom stereocenters. The number of halogens is 2. The number of urea groups is 1. The van der Waals surface area contributed by atoms with Crippen LogP contribution in [0.4, 0.5) is 21.0 Å². The molecular weight excluding hydrogens is 397 g/mol. The molecule has 0 radical (unpaired) electrons. The Morgan fingerprint density at radius 1 is 1.04 bits per heavy atom. The maximum atomic E-state index is 12.2. The van der Waals surface area contributed by atoms with E-state index in [4.69, 9.17) is 23.2 Å². The summed E-state index contributed by atoms with van der Waals surface area (Å²) in [6.45, 7) is 0. The van der Waals surface area contributed by atoms with Crippen LogP contribution >= 0.6 is 35.0 Å². The highest BCUT2D eigenvalue weighted by Crippen LogP contribution is 2.28. The van der Waals surface area contributed by atoms with Crippen LogP contribution in [0.5, 0.6) is 0 Å². The Morgan fingerprint density at radius 2 is 1.81 bits per heavy atom. The first kappa shape index (κ1) is 18.3. The van der Waals surface area contributed by atoms with E-state index >= 15 is 0 Å². The number of nitrogens with one attached hydrogen (secondary N) is 3. The molecule has 1 fully saturated rings. The molecule has 26 heavy (non-hydrogen) atoms. The molecule has 0 spiro atoms. The summed E-state index contributed by atoms with van der Waals surface area (Å²) < 4.78 is 0. The summed E-state index contributed by atoms with van der Waals surface area (Å²) in [5, 5.41) is 7.80. The van der Waals surface area contributed by atoms with Gasteiger partial charge in [0, 0.05) is 11.4 Å². The first-order chi connectivity index (χ1) is 12.4. The molecule has 0 saturated carbocycles. The van der Waals surface area contributed by atoms with Crippen LogP contribution in [0, 0.1) is 0 Å². The number of carbonyl (C=O) groups is 3. The fourth-order valence-electron chi connectivity index (χ4n) is 2.16. The number of thioether (sulfide) groups is 1. The van der Waals surface area contributed by atoms with Gasteiger partial charge in [0.15, 0.2) is 0 Å². The summed E-state index contributed by atoms with van der Waals surface area (Å²) in [5.74, 6) is -0.463. The second-order valence-corrected chi connectivity index (χ2v) is 6.98. The number of para-hydroxylation sites is 1. The monoisotopic (exact) mass is 407 g/mol. The van der Waals surface area contributed by atoms with Gasteiger partial charge in [-0.15, -0.1) is 0 Å². The van der Waals surface area contributed by atoms with E-state index in [2.05, 4.69) is 16.0 Å². The van der Waals surface area contributed by atoms with Crippen LogP contribution in [0.3, 0.4) is 0 Å². The van der Waals surface area contributed by atoms with Crippen LogP contribution in [-0.2, 0) is 4.79 Å². The molecule has 4 amide bonds. The van der Waals surface area contributed by atoms with Crippen molar-refractivity contribution in [3.63, 3.8) is 0 Å². The Balaban J connectivity index is 1.76. The Morgan fingerprint density at radius 3 is 2.50 bits per heavy atom. The minimum Gasteiger partial charge on any atom is -0.308 e. The highest BCUT2D eigenvalue weighted by molar-refractivity contribution is 8.18. The number of anilines is 2. The van der Waals surface area contributed by atoms with Gasteiger partial charge in [-0.2, -0.15) is 0 Å². The highest BCUT2D eigenvalue weighted by Gasteiger charge is 2.25. The molecular formula is C17H11Cl2N3O3S. The van der Waals surface area contributed by atoms with Crippen molar-refractivity contribution in [1.82, 2.24) is 5.32 Å². The van der Waals surface area contributed by atoms with E-state index in [1.807, 2.05) is 0 Å². The first-order valence-electron chi connectivity index (χ1n) is 7.29.